The monoisotopic (exact) mass is 401 g/mol. The number of fused-ring (bicyclic) bond motifs is 1. The Bertz CT molecular complexity index is 1230. The smallest absolute Gasteiger partial charge is 0.416 e. The zero-order valence-electron chi connectivity index (χ0n) is 15.1. The molecule has 0 bridgehead atoms. The lowest BCUT2D eigenvalue weighted by molar-refractivity contribution is -0.137. The average molecular weight is 401 g/mol. The van der Waals surface area contributed by atoms with Gasteiger partial charge in [0.15, 0.2) is 11.2 Å². The first-order valence-corrected chi connectivity index (χ1v) is 8.48. The summed E-state index contributed by atoms with van der Waals surface area (Å²) in [6.07, 6.45) is -3.09. The van der Waals surface area contributed by atoms with Gasteiger partial charge in [0.1, 0.15) is 12.1 Å². The van der Waals surface area contributed by atoms with Crippen LogP contribution in [0.4, 0.5) is 13.2 Å². The zero-order valence-corrected chi connectivity index (χ0v) is 15.1. The van der Waals surface area contributed by atoms with Crippen molar-refractivity contribution in [2.45, 2.75) is 12.7 Å². The number of ether oxygens (including phenoxy) is 1. The summed E-state index contributed by atoms with van der Waals surface area (Å²) in [5.74, 6) is 0.613. The highest BCUT2D eigenvalue weighted by molar-refractivity contribution is 5.70. The molecule has 7 nitrogen and oxygen atoms in total. The normalized spacial score (nSPS) is 11.7. The molecule has 0 N–H and O–H groups in total. The lowest BCUT2D eigenvalue weighted by atomic mass is 10.1. The molecule has 0 radical (unpaired) electrons. The lowest BCUT2D eigenvalue weighted by Crippen LogP contribution is -2.21. The summed E-state index contributed by atoms with van der Waals surface area (Å²) in [6, 6.07) is 11.6. The van der Waals surface area contributed by atoms with Crippen molar-refractivity contribution < 1.29 is 17.9 Å². The largest absolute Gasteiger partial charge is 0.497 e. The van der Waals surface area contributed by atoms with Gasteiger partial charge in [-0.3, -0.25) is 9.36 Å². The third kappa shape index (κ3) is 3.56. The average Bonchev–Trinajstić information content (AvgIpc) is 3.15. The van der Waals surface area contributed by atoms with Crippen molar-refractivity contribution in [2.75, 3.05) is 7.11 Å². The molecule has 4 aromatic rings. The van der Waals surface area contributed by atoms with E-state index in [2.05, 4.69) is 15.3 Å². The van der Waals surface area contributed by atoms with E-state index in [9.17, 15) is 18.0 Å². The van der Waals surface area contributed by atoms with E-state index in [0.717, 1.165) is 12.1 Å². The SMILES string of the molecule is COc1cccc(-n2nnc3c(=O)n(Cc4ccc(C(F)(F)F)cc4)cnc32)c1. The molecule has 10 heteroatoms. The Morgan fingerprint density at radius 3 is 2.55 bits per heavy atom. The number of hydrogen-bond donors (Lipinski definition) is 0. The number of hydrogen-bond acceptors (Lipinski definition) is 5. The van der Waals surface area contributed by atoms with Gasteiger partial charge in [-0.25, -0.2) is 4.98 Å². The zero-order chi connectivity index (χ0) is 20.6. The van der Waals surface area contributed by atoms with Gasteiger partial charge in [-0.05, 0) is 29.8 Å². The van der Waals surface area contributed by atoms with Gasteiger partial charge >= 0.3 is 6.18 Å². The number of halogens is 3. The standard InChI is InChI=1S/C19H14F3N5O2/c1-29-15-4-2-3-14(9-15)27-17-16(24-25-27)18(28)26(11-23-17)10-12-5-7-13(8-6-12)19(20,21)22/h2-9,11H,10H2,1H3. The maximum Gasteiger partial charge on any atom is 0.416 e. The first-order chi connectivity index (χ1) is 13.9. The molecule has 0 saturated heterocycles. The molecule has 0 spiro atoms. The van der Waals surface area contributed by atoms with Crippen molar-refractivity contribution in [3.05, 3.63) is 76.3 Å². The first kappa shape index (κ1) is 18.7. The van der Waals surface area contributed by atoms with Crippen LogP contribution >= 0.6 is 0 Å². The number of methoxy groups -OCH3 is 1. The second kappa shape index (κ2) is 7.04. The minimum atomic E-state index is -4.41. The number of alkyl halides is 3. The van der Waals surface area contributed by atoms with Crippen LogP contribution in [0.1, 0.15) is 11.1 Å². The molecular formula is C19H14F3N5O2. The Labute approximate surface area is 162 Å². The van der Waals surface area contributed by atoms with Crippen molar-refractivity contribution >= 4 is 11.2 Å². The van der Waals surface area contributed by atoms with Crippen LogP contribution in [0.5, 0.6) is 5.75 Å². The summed E-state index contributed by atoms with van der Waals surface area (Å²) in [4.78, 5) is 17.0. The minimum absolute atomic E-state index is 0.0576. The van der Waals surface area contributed by atoms with Crippen LogP contribution in [0.25, 0.3) is 16.9 Å². The summed E-state index contributed by atoms with van der Waals surface area (Å²) < 4.78 is 45.9. The lowest BCUT2D eigenvalue weighted by Gasteiger charge is -2.09. The predicted molar refractivity (Wildman–Crippen MR) is 98.0 cm³/mol. The summed E-state index contributed by atoms with van der Waals surface area (Å²) in [6.45, 7) is 0.0614. The van der Waals surface area contributed by atoms with E-state index in [4.69, 9.17) is 4.74 Å². The fourth-order valence-corrected chi connectivity index (χ4v) is 2.87. The highest BCUT2D eigenvalue weighted by Gasteiger charge is 2.29. The number of benzene rings is 2. The van der Waals surface area contributed by atoms with Crippen LogP contribution in [0, 0.1) is 0 Å². The van der Waals surface area contributed by atoms with Gasteiger partial charge in [0.25, 0.3) is 5.56 Å². The van der Waals surface area contributed by atoms with Crippen molar-refractivity contribution in [1.82, 2.24) is 24.5 Å². The van der Waals surface area contributed by atoms with Crippen LogP contribution in [0.3, 0.4) is 0 Å². The molecule has 0 atom stereocenters. The number of aromatic nitrogens is 5. The number of rotatable bonds is 4. The topological polar surface area (TPSA) is 74.8 Å². The van der Waals surface area contributed by atoms with Crippen LogP contribution in [0.15, 0.2) is 59.7 Å². The van der Waals surface area contributed by atoms with Crippen LogP contribution in [-0.4, -0.2) is 31.7 Å². The summed E-state index contributed by atoms with van der Waals surface area (Å²) in [5.41, 5.74) is 0.294. The second-order valence-electron chi connectivity index (χ2n) is 6.25. The Kier molecular flexibility index (Phi) is 4.53. The molecule has 0 aliphatic rings. The third-order valence-corrected chi connectivity index (χ3v) is 4.36. The highest BCUT2D eigenvalue weighted by Crippen LogP contribution is 2.29. The quantitative estimate of drug-likeness (QED) is 0.526. The second-order valence-corrected chi connectivity index (χ2v) is 6.25. The van der Waals surface area contributed by atoms with Gasteiger partial charge in [-0.1, -0.05) is 23.4 Å². The molecule has 2 heterocycles. The molecule has 148 valence electrons. The van der Waals surface area contributed by atoms with Gasteiger partial charge in [0.05, 0.1) is 24.9 Å². The van der Waals surface area contributed by atoms with Crippen molar-refractivity contribution in [3.63, 3.8) is 0 Å². The first-order valence-electron chi connectivity index (χ1n) is 8.48. The predicted octanol–water partition coefficient (Wildman–Crippen LogP) is 3.05. The summed E-state index contributed by atoms with van der Waals surface area (Å²) >= 11 is 0. The van der Waals surface area contributed by atoms with E-state index in [-0.39, 0.29) is 17.7 Å². The molecule has 4 rings (SSSR count). The maximum atomic E-state index is 12.7. The van der Waals surface area contributed by atoms with Gasteiger partial charge in [-0.2, -0.15) is 17.9 Å². The van der Waals surface area contributed by atoms with E-state index < -0.39 is 17.3 Å². The summed E-state index contributed by atoms with van der Waals surface area (Å²) in [5, 5.41) is 7.93. The third-order valence-electron chi connectivity index (χ3n) is 4.36. The van der Waals surface area contributed by atoms with Gasteiger partial charge in [0.2, 0.25) is 0 Å². The molecule has 2 aromatic heterocycles. The van der Waals surface area contributed by atoms with E-state index in [1.165, 1.54) is 34.8 Å². The molecule has 0 aliphatic carbocycles. The van der Waals surface area contributed by atoms with Crippen molar-refractivity contribution in [1.29, 1.82) is 0 Å². The Morgan fingerprint density at radius 1 is 1.10 bits per heavy atom. The fourth-order valence-electron chi connectivity index (χ4n) is 2.87. The molecule has 29 heavy (non-hydrogen) atoms. The maximum absolute atomic E-state index is 12.7. The summed E-state index contributed by atoms with van der Waals surface area (Å²) in [7, 11) is 1.54. The molecule has 0 amide bonds. The van der Waals surface area contributed by atoms with Crippen LogP contribution < -0.4 is 10.3 Å². The number of nitrogens with zero attached hydrogens (tertiary/aromatic N) is 5. The molecule has 0 fully saturated rings. The molecule has 0 saturated carbocycles. The van der Waals surface area contributed by atoms with E-state index in [1.807, 2.05) is 0 Å². The van der Waals surface area contributed by atoms with E-state index in [0.29, 0.717) is 17.0 Å². The fraction of sp³-hybridized carbons (Fsp3) is 0.158. The molecule has 2 aromatic carbocycles. The Hall–Kier alpha value is -3.69. The van der Waals surface area contributed by atoms with Crippen molar-refractivity contribution in [2.24, 2.45) is 0 Å². The molecule has 0 unspecified atom stereocenters. The highest BCUT2D eigenvalue weighted by atomic mass is 19.4. The van der Waals surface area contributed by atoms with Gasteiger partial charge in [-0.15, -0.1) is 5.10 Å². The van der Waals surface area contributed by atoms with Crippen LogP contribution in [0.2, 0.25) is 0 Å². The van der Waals surface area contributed by atoms with E-state index in [1.54, 1.807) is 24.3 Å². The van der Waals surface area contributed by atoms with Gasteiger partial charge < -0.3 is 4.74 Å². The molecular weight excluding hydrogens is 387 g/mol. The Balaban J connectivity index is 1.68. The van der Waals surface area contributed by atoms with Gasteiger partial charge in [0, 0.05) is 6.07 Å². The minimum Gasteiger partial charge on any atom is -0.497 e. The Morgan fingerprint density at radius 2 is 1.86 bits per heavy atom. The van der Waals surface area contributed by atoms with E-state index >= 15 is 0 Å². The van der Waals surface area contributed by atoms with Crippen LogP contribution in [-0.2, 0) is 12.7 Å². The van der Waals surface area contributed by atoms with Crippen molar-refractivity contribution in [3.8, 4) is 11.4 Å². The molecule has 0 aliphatic heterocycles.